The van der Waals surface area contributed by atoms with Crippen molar-refractivity contribution in [3.8, 4) is 0 Å². The van der Waals surface area contributed by atoms with Crippen molar-refractivity contribution in [1.82, 2.24) is 4.81 Å². The molecule has 0 unspecified atom stereocenters. The second-order valence-corrected chi connectivity index (χ2v) is 8.31. The quantitative estimate of drug-likeness (QED) is 0.468. The number of hydrogen-bond donors (Lipinski definition) is 0. The van der Waals surface area contributed by atoms with Gasteiger partial charge in [0, 0.05) is 0 Å². The Morgan fingerprint density at radius 1 is 0.500 bits per heavy atom. The molecule has 0 N–H and O–H groups in total. The number of nitrogens with zero attached hydrogens (tertiary/aromatic N) is 1. The van der Waals surface area contributed by atoms with E-state index in [1.54, 1.807) is 0 Å². The van der Waals surface area contributed by atoms with Gasteiger partial charge in [-0.15, -0.1) is 0 Å². The fourth-order valence-corrected chi connectivity index (χ4v) is 4.49. The Morgan fingerprint density at radius 2 is 0.781 bits per heavy atom. The van der Waals surface area contributed by atoms with Crippen molar-refractivity contribution in [3.63, 3.8) is 0 Å². The molecule has 3 aliphatic heterocycles. The van der Waals surface area contributed by atoms with E-state index in [0.717, 1.165) is 51.4 Å². The molecular formula is C21H41BF2KNO6. The zero-order valence-electron chi connectivity index (χ0n) is 19.9. The van der Waals surface area contributed by atoms with Crippen molar-refractivity contribution >= 4 is 6.28 Å². The van der Waals surface area contributed by atoms with E-state index in [0.29, 0.717) is 79.3 Å². The summed E-state index contributed by atoms with van der Waals surface area (Å²) < 4.78 is 58.0. The molecule has 3 fully saturated rings. The molecular weight excluding hydrogens is 450 g/mol. The van der Waals surface area contributed by atoms with Crippen LogP contribution in [0.5, 0.6) is 0 Å². The molecule has 0 aromatic rings. The van der Waals surface area contributed by atoms with Crippen LogP contribution in [0.1, 0.15) is 25.7 Å². The maximum absolute atomic E-state index is 13.0. The van der Waals surface area contributed by atoms with Crippen LogP contribution in [0.15, 0.2) is 0 Å². The van der Waals surface area contributed by atoms with E-state index >= 15 is 0 Å². The van der Waals surface area contributed by atoms with Crippen LogP contribution in [0.25, 0.3) is 0 Å². The zero-order valence-corrected chi connectivity index (χ0v) is 23.1. The van der Waals surface area contributed by atoms with E-state index in [1.165, 1.54) is 0 Å². The standard InChI is InChI=1S/C12H24O6.C9H17BF2N.K/c1-2-14-5-6-16-9-10-18-12-11-17-8-7-15-4-3-13-1;11-9(12)10-5-1-3-7-13(10)8-4-2-6-10;/h1-12H2;9H,1-8H2;/q;-1;+1. The Bertz CT molecular complexity index is 358. The minimum absolute atomic E-state index is 0. The zero-order chi connectivity index (χ0) is 22.0. The van der Waals surface area contributed by atoms with Crippen LogP contribution in [-0.2, 0) is 28.4 Å². The molecule has 184 valence electrons. The van der Waals surface area contributed by atoms with Gasteiger partial charge in [-0.1, -0.05) is 12.8 Å². The summed E-state index contributed by atoms with van der Waals surface area (Å²) in [6, 6.07) is 0. The number of hydrogen-bond acceptors (Lipinski definition) is 7. The predicted molar refractivity (Wildman–Crippen MR) is 116 cm³/mol. The fourth-order valence-electron chi connectivity index (χ4n) is 4.49. The van der Waals surface area contributed by atoms with Crippen molar-refractivity contribution in [2.45, 2.75) is 44.6 Å². The molecule has 3 rings (SSSR count). The van der Waals surface area contributed by atoms with Gasteiger partial charge in [0.2, 0.25) is 0 Å². The third-order valence-electron chi connectivity index (χ3n) is 6.23. The molecule has 0 spiro atoms. The second kappa shape index (κ2) is 20.5. The van der Waals surface area contributed by atoms with Gasteiger partial charge in [-0.3, -0.25) is 8.78 Å². The summed E-state index contributed by atoms with van der Waals surface area (Å²) in [5.41, 5.74) is 0. The van der Waals surface area contributed by atoms with Gasteiger partial charge in [-0.2, -0.15) is 12.6 Å². The minimum atomic E-state index is -2.08. The van der Waals surface area contributed by atoms with Crippen molar-refractivity contribution in [1.29, 1.82) is 0 Å². The summed E-state index contributed by atoms with van der Waals surface area (Å²) in [4.78, 5) is 2.11. The molecule has 0 amide bonds. The summed E-state index contributed by atoms with van der Waals surface area (Å²) >= 11 is 0. The third kappa shape index (κ3) is 12.8. The van der Waals surface area contributed by atoms with E-state index in [2.05, 4.69) is 4.81 Å². The van der Waals surface area contributed by atoms with Crippen molar-refractivity contribution in [2.75, 3.05) is 92.4 Å². The Hall–Kier alpha value is 1.28. The molecule has 0 aliphatic carbocycles. The van der Waals surface area contributed by atoms with E-state index in [-0.39, 0.29) is 51.4 Å². The fraction of sp³-hybridized carbons (Fsp3) is 1.00. The molecule has 0 atom stereocenters. The van der Waals surface area contributed by atoms with Crippen LogP contribution >= 0.6 is 0 Å². The summed E-state index contributed by atoms with van der Waals surface area (Å²) in [6.07, 6.45) is 2.32. The van der Waals surface area contributed by atoms with Crippen LogP contribution in [0.2, 0.25) is 12.6 Å². The Balaban J connectivity index is 0.000000324. The van der Waals surface area contributed by atoms with Crippen molar-refractivity contribution in [2.24, 2.45) is 0 Å². The van der Waals surface area contributed by atoms with Crippen molar-refractivity contribution in [3.05, 3.63) is 0 Å². The van der Waals surface area contributed by atoms with Crippen LogP contribution in [0.3, 0.4) is 0 Å². The molecule has 3 saturated heterocycles. The minimum Gasteiger partial charge on any atom is -0.470 e. The molecule has 0 aromatic carbocycles. The topological polar surface area (TPSA) is 58.6 Å². The Morgan fingerprint density at radius 3 is 1.00 bits per heavy atom. The summed E-state index contributed by atoms with van der Waals surface area (Å²) in [6.45, 7) is 8.88. The summed E-state index contributed by atoms with van der Waals surface area (Å²) in [5.74, 6) is 0. The predicted octanol–water partition coefficient (Wildman–Crippen LogP) is -0.271. The first-order valence-corrected chi connectivity index (χ1v) is 11.9. The maximum atomic E-state index is 13.0. The second-order valence-electron chi connectivity index (χ2n) is 8.31. The van der Waals surface area contributed by atoms with E-state index in [1.807, 2.05) is 0 Å². The van der Waals surface area contributed by atoms with Crippen molar-refractivity contribution < 1.29 is 88.6 Å². The first-order chi connectivity index (χ1) is 15.3. The van der Waals surface area contributed by atoms with Crippen LogP contribution in [0, 0.1) is 0 Å². The molecule has 0 aromatic heterocycles. The van der Waals surface area contributed by atoms with E-state index < -0.39 is 12.6 Å². The van der Waals surface area contributed by atoms with E-state index in [9.17, 15) is 8.78 Å². The number of ether oxygens (including phenoxy) is 6. The number of fused-ring (bicyclic) bond motifs is 1. The Kier molecular flexibility index (Phi) is 20.0. The van der Waals surface area contributed by atoms with Crippen LogP contribution < -0.4 is 51.4 Å². The van der Waals surface area contributed by atoms with Gasteiger partial charge >= 0.3 is 51.4 Å². The number of halogens is 2. The molecule has 32 heavy (non-hydrogen) atoms. The average Bonchev–Trinajstić information content (AvgIpc) is 2.79. The first-order valence-electron chi connectivity index (χ1n) is 11.9. The summed E-state index contributed by atoms with van der Waals surface area (Å²) in [5, 5.41) is 0. The number of alkyl halides is 2. The van der Waals surface area contributed by atoms with Gasteiger partial charge in [0.1, 0.15) is 12.6 Å². The van der Waals surface area contributed by atoms with Crippen LogP contribution in [0.4, 0.5) is 8.78 Å². The average molecular weight is 491 g/mol. The van der Waals surface area contributed by atoms with E-state index in [4.69, 9.17) is 28.4 Å². The SMILES string of the molecule is C1COCCOCCOCCOCCOCCO1.FC(F)[B-]12CCCCN1CCCC2.[K+]. The van der Waals surface area contributed by atoms with Gasteiger partial charge in [0.25, 0.3) is 0 Å². The molecule has 0 radical (unpaired) electrons. The largest absolute Gasteiger partial charge is 1.00 e. The molecule has 0 bridgehead atoms. The van der Waals surface area contributed by atoms with Gasteiger partial charge in [0.15, 0.2) is 0 Å². The monoisotopic (exact) mass is 491 g/mol. The van der Waals surface area contributed by atoms with Gasteiger partial charge in [-0.05, 0) is 25.9 Å². The summed E-state index contributed by atoms with van der Waals surface area (Å²) in [7, 11) is 0. The maximum Gasteiger partial charge on any atom is 1.00 e. The van der Waals surface area contributed by atoms with Gasteiger partial charge < -0.3 is 33.2 Å². The Labute approximate surface area is 234 Å². The molecule has 3 aliphatic rings. The molecule has 0 saturated carbocycles. The third-order valence-corrected chi connectivity index (χ3v) is 6.23. The smallest absolute Gasteiger partial charge is 0.470 e. The first kappa shape index (κ1) is 31.3. The number of rotatable bonds is 1. The molecule has 3 heterocycles. The molecule has 7 nitrogen and oxygen atoms in total. The molecule has 11 heteroatoms. The normalized spacial score (nSPS) is 25.2. The van der Waals surface area contributed by atoms with Gasteiger partial charge in [0.05, 0.1) is 79.3 Å². The van der Waals surface area contributed by atoms with Gasteiger partial charge in [-0.25, -0.2) is 0 Å². The van der Waals surface area contributed by atoms with Crippen LogP contribution in [-0.4, -0.2) is 110 Å².